The van der Waals surface area contributed by atoms with Crippen LogP contribution in [0.5, 0.6) is 0 Å². The third kappa shape index (κ3) is 3.16. The molecular formula is C17H23N3O. The van der Waals surface area contributed by atoms with Crippen LogP contribution >= 0.6 is 0 Å². The highest BCUT2D eigenvalue weighted by Gasteiger charge is 2.26. The minimum Gasteiger partial charge on any atom is -0.338 e. The van der Waals surface area contributed by atoms with Crippen molar-refractivity contribution in [3.8, 4) is 11.4 Å². The summed E-state index contributed by atoms with van der Waals surface area (Å²) in [7, 11) is 0. The lowest BCUT2D eigenvalue weighted by molar-refractivity contribution is 0.0825. The number of hydrogen-bond acceptors (Lipinski definition) is 4. The molecule has 4 heteroatoms. The molecule has 0 N–H and O–H groups in total. The molecule has 0 bridgehead atoms. The molecule has 1 saturated heterocycles. The Hall–Kier alpha value is -1.68. The molecule has 1 fully saturated rings. The van der Waals surface area contributed by atoms with Gasteiger partial charge in [-0.05, 0) is 33.6 Å². The van der Waals surface area contributed by atoms with Crippen molar-refractivity contribution in [1.82, 2.24) is 15.0 Å². The second-order valence-corrected chi connectivity index (χ2v) is 6.18. The van der Waals surface area contributed by atoms with Crippen molar-refractivity contribution in [2.75, 3.05) is 0 Å². The summed E-state index contributed by atoms with van der Waals surface area (Å²) in [5, 5.41) is 4.12. The van der Waals surface area contributed by atoms with Crippen LogP contribution in [-0.2, 0) is 6.54 Å². The van der Waals surface area contributed by atoms with Gasteiger partial charge in [0.1, 0.15) is 0 Å². The van der Waals surface area contributed by atoms with Crippen LogP contribution < -0.4 is 0 Å². The van der Waals surface area contributed by atoms with E-state index in [1.165, 1.54) is 24.8 Å². The topological polar surface area (TPSA) is 42.2 Å². The summed E-state index contributed by atoms with van der Waals surface area (Å²) < 4.78 is 5.45. The average molecular weight is 285 g/mol. The van der Waals surface area contributed by atoms with Gasteiger partial charge in [0, 0.05) is 17.6 Å². The largest absolute Gasteiger partial charge is 0.338 e. The number of hydrogen-bond donors (Lipinski definition) is 0. The van der Waals surface area contributed by atoms with Crippen LogP contribution in [0.2, 0.25) is 0 Å². The maximum absolute atomic E-state index is 5.45. The molecule has 2 aromatic rings. The highest BCUT2D eigenvalue weighted by atomic mass is 16.5. The minimum atomic E-state index is 0.587. The maximum atomic E-state index is 5.45. The predicted octanol–water partition coefficient (Wildman–Crippen LogP) is 3.81. The summed E-state index contributed by atoms with van der Waals surface area (Å²) >= 11 is 0. The fraction of sp³-hybridized carbons (Fsp3) is 0.529. The molecule has 1 aromatic carbocycles. The molecule has 0 amide bonds. The summed E-state index contributed by atoms with van der Waals surface area (Å²) in [6.07, 6.45) is 3.82. The smallest absolute Gasteiger partial charge is 0.241 e. The molecule has 2 atom stereocenters. The van der Waals surface area contributed by atoms with E-state index in [1.54, 1.807) is 0 Å². The van der Waals surface area contributed by atoms with Crippen LogP contribution in [0, 0.1) is 6.92 Å². The van der Waals surface area contributed by atoms with Crippen LogP contribution in [0.15, 0.2) is 28.8 Å². The van der Waals surface area contributed by atoms with Crippen LogP contribution in [0.4, 0.5) is 0 Å². The third-order valence-electron chi connectivity index (χ3n) is 4.47. The lowest BCUT2D eigenvalue weighted by atomic mass is 9.98. The molecule has 21 heavy (non-hydrogen) atoms. The van der Waals surface area contributed by atoms with E-state index >= 15 is 0 Å². The zero-order chi connectivity index (χ0) is 14.8. The number of piperidine rings is 1. The van der Waals surface area contributed by atoms with Gasteiger partial charge in [-0.2, -0.15) is 4.98 Å². The molecule has 1 aromatic heterocycles. The molecule has 1 aliphatic rings. The van der Waals surface area contributed by atoms with Crippen molar-refractivity contribution in [1.29, 1.82) is 0 Å². The Morgan fingerprint density at radius 1 is 1.14 bits per heavy atom. The highest BCUT2D eigenvalue weighted by molar-refractivity contribution is 5.54. The standard InChI is InChI=1S/C17H23N3O/c1-12-7-9-15(10-8-12)17-18-16(21-19-17)11-20-13(2)5-4-6-14(20)3/h7-10,13-14H,4-6,11H2,1-3H3/t13-,14-/m0/s1. The Morgan fingerprint density at radius 2 is 1.81 bits per heavy atom. The van der Waals surface area contributed by atoms with E-state index in [9.17, 15) is 0 Å². The lowest BCUT2D eigenvalue weighted by Gasteiger charge is -2.37. The number of aromatic nitrogens is 2. The van der Waals surface area contributed by atoms with Gasteiger partial charge in [0.05, 0.1) is 6.54 Å². The van der Waals surface area contributed by atoms with Crippen molar-refractivity contribution in [2.45, 2.75) is 58.7 Å². The van der Waals surface area contributed by atoms with E-state index < -0.39 is 0 Å². The zero-order valence-corrected chi connectivity index (χ0v) is 13.0. The molecule has 0 radical (unpaired) electrons. The fourth-order valence-corrected chi connectivity index (χ4v) is 3.08. The van der Waals surface area contributed by atoms with Gasteiger partial charge in [-0.15, -0.1) is 0 Å². The fourth-order valence-electron chi connectivity index (χ4n) is 3.08. The van der Waals surface area contributed by atoms with E-state index in [0.717, 1.165) is 12.1 Å². The predicted molar refractivity (Wildman–Crippen MR) is 82.8 cm³/mol. The van der Waals surface area contributed by atoms with Crippen molar-refractivity contribution in [3.05, 3.63) is 35.7 Å². The zero-order valence-electron chi connectivity index (χ0n) is 13.0. The van der Waals surface area contributed by atoms with E-state index in [2.05, 4.69) is 47.9 Å². The Bertz CT molecular complexity index is 580. The summed E-state index contributed by atoms with van der Waals surface area (Å²) in [4.78, 5) is 7.02. The van der Waals surface area contributed by atoms with Gasteiger partial charge in [0.2, 0.25) is 11.7 Å². The first kappa shape index (κ1) is 14.3. The molecule has 1 aliphatic heterocycles. The molecule has 0 spiro atoms. The van der Waals surface area contributed by atoms with Gasteiger partial charge in [-0.25, -0.2) is 0 Å². The van der Waals surface area contributed by atoms with Gasteiger partial charge in [-0.1, -0.05) is 41.4 Å². The van der Waals surface area contributed by atoms with E-state index in [0.29, 0.717) is 23.8 Å². The first-order valence-electron chi connectivity index (χ1n) is 7.79. The molecule has 2 heterocycles. The molecule has 0 saturated carbocycles. The molecule has 4 nitrogen and oxygen atoms in total. The van der Waals surface area contributed by atoms with Crippen molar-refractivity contribution < 1.29 is 4.52 Å². The third-order valence-corrected chi connectivity index (χ3v) is 4.47. The Labute approximate surface area is 126 Å². The molecule has 112 valence electrons. The highest BCUT2D eigenvalue weighted by Crippen LogP contribution is 2.25. The maximum Gasteiger partial charge on any atom is 0.241 e. The van der Waals surface area contributed by atoms with Gasteiger partial charge in [-0.3, -0.25) is 4.90 Å². The normalized spacial score (nSPS) is 23.4. The second kappa shape index (κ2) is 5.98. The first-order chi connectivity index (χ1) is 10.1. The number of aryl methyl sites for hydroxylation is 1. The van der Waals surface area contributed by atoms with Crippen LogP contribution in [0.25, 0.3) is 11.4 Å². The molecule has 0 aliphatic carbocycles. The van der Waals surface area contributed by atoms with Crippen LogP contribution in [-0.4, -0.2) is 27.1 Å². The summed E-state index contributed by atoms with van der Waals surface area (Å²) in [6, 6.07) is 9.39. The second-order valence-electron chi connectivity index (χ2n) is 6.18. The average Bonchev–Trinajstić information content (AvgIpc) is 2.92. The van der Waals surface area contributed by atoms with Gasteiger partial charge < -0.3 is 4.52 Å². The number of nitrogens with zero attached hydrogens (tertiary/aromatic N) is 3. The van der Waals surface area contributed by atoms with Crippen LogP contribution in [0.1, 0.15) is 44.6 Å². The van der Waals surface area contributed by atoms with E-state index in [-0.39, 0.29) is 0 Å². The minimum absolute atomic E-state index is 0.587. The molecule has 0 unspecified atom stereocenters. The number of benzene rings is 1. The summed E-state index contributed by atoms with van der Waals surface area (Å²) in [5.41, 5.74) is 2.24. The Balaban J connectivity index is 1.74. The van der Waals surface area contributed by atoms with Gasteiger partial charge >= 0.3 is 0 Å². The molecule has 3 rings (SSSR count). The lowest BCUT2D eigenvalue weighted by Crippen LogP contribution is -2.43. The summed E-state index contributed by atoms with van der Waals surface area (Å²) in [5.74, 6) is 1.40. The van der Waals surface area contributed by atoms with E-state index in [4.69, 9.17) is 4.52 Å². The van der Waals surface area contributed by atoms with Crippen molar-refractivity contribution in [2.24, 2.45) is 0 Å². The Kier molecular flexibility index (Phi) is 4.06. The molecular weight excluding hydrogens is 262 g/mol. The number of likely N-dealkylation sites (tertiary alicyclic amines) is 1. The quantitative estimate of drug-likeness (QED) is 0.860. The SMILES string of the molecule is Cc1ccc(-c2noc(CN3[C@@H](C)CCC[C@@H]3C)n2)cc1. The van der Waals surface area contributed by atoms with Gasteiger partial charge in [0.15, 0.2) is 0 Å². The first-order valence-corrected chi connectivity index (χ1v) is 7.79. The van der Waals surface area contributed by atoms with Crippen molar-refractivity contribution in [3.63, 3.8) is 0 Å². The Morgan fingerprint density at radius 3 is 2.48 bits per heavy atom. The van der Waals surface area contributed by atoms with Crippen LogP contribution in [0.3, 0.4) is 0 Å². The van der Waals surface area contributed by atoms with Crippen molar-refractivity contribution >= 4 is 0 Å². The number of rotatable bonds is 3. The van der Waals surface area contributed by atoms with E-state index in [1.807, 2.05) is 12.1 Å². The monoisotopic (exact) mass is 285 g/mol. The van der Waals surface area contributed by atoms with Gasteiger partial charge in [0.25, 0.3) is 0 Å². The summed E-state index contributed by atoms with van der Waals surface area (Å²) in [6.45, 7) is 7.39.